The van der Waals surface area contributed by atoms with E-state index in [9.17, 15) is 9.90 Å². The number of piperidine rings is 1. The molecule has 0 spiro atoms. The van der Waals surface area contributed by atoms with Gasteiger partial charge in [-0.05, 0) is 36.2 Å². The van der Waals surface area contributed by atoms with Crippen LogP contribution < -0.4 is 0 Å². The van der Waals surface area contributed by atoms with Crippen molar-refractivity contribution in [2.24, 2.45) is 5.92 Å². The number of likely N-dealkylation sites (tertiary alicyclic amines) is 1. The molecule has 1 aromatic carbocycles. The summed E-state index contributed by atoms with van der Waals surface area (Å²) in [4.78, 5) is 14.4. The van der Waals surface area contributed by atoms with Crippen LogP contribution in [0.15, 0.2) is 36.4 Å². The van der Waals surface area contributed by atoms with E-state index >= 15 is 0 Å². The highest BCUT2D eigenvalue weighted by molar-refractivity contribution is 7.99. The van der Waals surface area contributed by atoms with Crippen molar-refractivity contribution < 1.29 is 9.90 Å². The molecule has 4 heteroatoms. The Balaban J connectivity index is 1.96. The van der Waals surface area contributed by atoms with Gasteiger partial charge in [0.15, 0.2) is 0 Å². The van der Waals surface area contributed by atoms with Crippen LogP contribution in [0.1, 0.15) is 38.7 Å². The summed E-state index contributed by atoms with van der Waals surface area (Å²) < 4.78 is 0. The average Bonchev–Trinajstić information content (AvgIpc) is 2.53. The fourth-order valence-corrected chi connectivity index (χ4v) is 4.21. The number of carbonyl (C=O) groups excluding carboxylic acids is 1. The van der Waals surface area contributed by atoms with Crippen molar-refractivity contribution in [2.75, 3.05) is 12.3 Å². The molecule has 1 aliphatic rings. The van der Waals surface area contributed by atoms with Gasteiger partial charge in [0.1, 0.15) is 0 Å². The number of aliphatic hydroxyl groups excluding tert-OH is 1. The van der Waals surface area contributed by atoms with Gasteiger partial charge in [-0.3, -0.25) is 4.79 Å². The van der Waals surface area contributed by atoms with Crippen LogP contribution in [0.2, 0.25) is 0 Å². The van der Waals surface area contributed by atoms with Crippen LogP contribution in [0, 0.1) is 5.92 Å². The molecule has 0 bridgehead atoms. The van der Waals surface area contributed by atoms with Crippen LogP contribution in [-0.4, -0.2) is 39.7 Å². The van der Waals surface area contributed by atoms with E-state index in [4.69, 9.17) is 0 Å². The van der Waals surface area contributed by atoms with Crippen LogP contribution in [0.5, 0.6) is 0 Å². The third-order valence-electron chi connectivity index (χ3n) is 4.03. The number of carbonyl (C=O) groups is 1. The highest BCUT2D eigenvalue weighted by Crippen LogP contribution is 2.28. The van der Waals surface area contributed by atoms with Crippen molar-refractivity contribution in [3.05, 3.63) is 42.0 Å². The van der Waals surface area contributed by atoms with E-state index < -0.39 is 0 Å². The monoisotopic (exact) mass is 333 g/mol. The molecule has 2 atom stereocenters. The highest BCUT2D eigenvalue weighted by Gasteiger charge is 2.29. The lowest BCUT2D eigenvalue weighted by molar-refractivity contribution is -0.128. The predicted molar refractivity (Wildman–Crippen MR) is 98.1 cm³/mol. The van der Waals surface area contributed by atoms with Gasteiger partial charge < -0.3 is 10.0 Å². The predicted octanol–water partition coefficient (Wildman–Crippen LogP) is 3.79. The first-order valence-corrected chi connectivity index (χ1v) is 9.44. The van der Waals surface area contributed by atoms with Crippen molar-refractivity contribution in [3.8, 4) is 0 Å². The van der Waals surface area contributed by atoms with Gasteiger partial charge in [0, 0.05) is 19.0 Å². The normalized spacial score (nSPS) is 22.0. The summed E-state index contributed by atoms with van der Waals surface area (Å²) in [7, 11) is 0. The van der Waals surface area contributed by atoms with Gasteiger partial charge in [-0.25, -0.2) is 0 Å². The quantitative estimate of drug-likeness (QED) is 0.805. The number of nitrogens with zero attached hydrogens (tertiary/aromatic N) is 1. The second kappa shape index (κ2) is 9.14. The van der Waals surface area contributed by atoms with Crippen LogP contribution >= 0.6 is 11.8 Å². The van der Waals surface area contributed by atoms with E-state index in [0.717, 1.165) is 17.7 Å². The second-order valence-corrected chi connectivity index (χ2v) is 7.75. The maximum Gasteiger partial charge on any atom is 0.247 e. The minimum atomic E-state index is -0.284. The number of benzene rings is 1. The molecule has 1 aromatic rings. The largest absolute Gasteiger partial charge is 0.393 e. The van der Waals surface area contributed by atoms with Gasteiger partial charge in [0.2, 0.25) is 5.91 Å². The van der Waals surface area contributed by atoms with Gasteiger partial charge >= 0.3 is 0 Å². The maximum atomic E-state index is 12.5. The average molecular weight is 333 g/mol. The van der Waals surface area contributed by atoms with E-state index in [1.807, 2.05) is 41.3 Å². The first kappa shape index (κ1) is 18.1. The fourth-order valence-electron chi connectivity index (χ4n) is 2.59. The van der Waals surface area contributed by atoms with Crippen molar-refractivity contribution in [2.45, 2.75) is 44.6 Å². The summed E-state index contributed by atoms with van der Waals surface area (Å²) in [6.07, 6.45) is 5.72. The van der Waals surface area contributed by atoms with Gasteiger partial charge in [-0.1, -0.05) is 44.2 Å². The zero-order valence-corrected chi connectivity index (χ0v) is 14.8. The highest BCUT2D eigenvalue weighted by atomic mass is 32.2. The number of rotatable bonds is 6. The van der Waals surface area contributed by atoms with Gasteiger partial charge in [0.05, 0.1) is 11.5 Å². The molecule has 3 nitrogen and oxygen atoms in total. The van der Waals surface area contributed by atoms with Gasteiger partial charge in [-0.15, -0.1) is 11.8 Å². The molecular weight excluding hydrogens is 306 g/mol. The summed E-state index contributed by atoms with van der Waals surface area (Å²) in [5, 5.41) is 10.0. The first-order chi connectivity index (χ1) is 11.1. The lowest BCUT2D eigenvalue weighted by Crippen LogP contribution is -2.45. The molecule has 23 heavy (non-hydrogen) atoms. The molecule has 1 aliphatic heterocycles. The minimum absolute atomic E-state index is 0.0443. The van der Waals surface area contributed by atoms with Gasteiger partial charge in [0.25, 0.3) is 0 Å². The first-order valence-electron chi connectivity index (χ1n) is 8.39. The molecule has 0 saturated carbocycles. The van der Waals surface area contributed by atoms with E-state index in [0.29, 0.717) is 25.3 Å². The molecule has 1 N–H and O–H groups in total. The van der Waals surface area contributed by atoms with E-state index in [1.54, 1.807) is 17.8 Å². The van der Waals surface area contributed by atoms with Crippen LogP contribution in [0.4, 0.5) is 0 Å². The lowest BCUT2D eigenvalue weighted by atomic mass is 10.1. The standard InChI is InChI=1S/C19H27NO2S/c1-15(2)11-13-23-19-14-17(21)10-12-20(19)18(22)9-8-16-6-4-3-5-7-16/h3-9,15,17,19,21H,10-14H2,1-2H3/t17?,19-/m1/s1. The van der Waals surface area contributed by atoms with Crippen molar-refractivity contribution in [1.29, 1.82) is 0 Å². The molecule has 0 radical (unpaired) electrons. The molecule has 2 rings (SSSR count). The maximum absolute atomic E-state index is 12.5. The smallest absolute Gasteiger partial charge is 0.247 e. The number of hydrogen-bond acceptors (Lipinski definition) is 3. The van der Waals surface area contributed by atoms with E-state index in [2.05, 4.69) is 13.8 Å². The zero-order chi connectivity index (χ0) is 16.7. The SMILES string of the molecule is CC(C)CCS[C@@H]1CC(O)CCN1C(=O)C=Cc1ccccc1. The van der Waals surface area contributed by atoms with E-state index in [1.165, 1.54) is 0 Å². The van der Waals surface area contributed by atoms with Crippen molar-refractivity contribution >= 4 is 23.7 Å². The van der Waals surface area contributed by atoms with Crippen molar-refractivity contribution in [1.82, 2.24) is 4.90 Å². The number of amides is 1. The Morgan fingerprint density at radius 3 is 2.83 bits per heavy atom. The lowest BCUT2D eigenvalue weighted by Gasteiger charge is -2.37. The Bertz CT molecular complexity index is 515. The molecule has 1 unspecified atom stereocenters. The Kier molecular flexibility index (Phi) is 7.18. The Morgan fingerprint density at radius 2 is 2.13 bits per heavy atom. The van der Waals surface area contributed by atoms with Gasteiger partial charge in [-0.2, -0.15) is 0 Å². The molecule has 1 fully saturated rings. The molecule has 126 valence electrons. The fraction of sp³-hybridized carbons (Fsp3) is 0.526. The summed E-state index contributed by atoms with van der Waals surface area (Å²) in [6.45, 7) is 5.06. The molecule has 1 amide bonds. The Morgan fingerprint density at radius 1 is 1.39 bits per heavy atom. The molecule has 1 saturated heterocycles. The molecule has 0 aliphatic carbocycles. The van der Waals surface area contributed by atoms with Crippen LogP contribution in [0.3, 0.4) is 0 Å². The topological polar surface area (TPSA) is 40.5 Å². The Hall–Kier alpha value is -1.26. The Labute approximate surface area is 143 Å². The number of hydrogen-bond donors (Lipinski definition) is 1. The number of thioether (sulfide) groups is 1. The van der Waals surface area contributed by atoms with Crippen molar-refractivity contribution in [3.63, 3.8) is 0 Å². The third-order valence-corrected chi connectivity index (χ3v) is 5.33. The van der Waals surface area contributed by atoms with Crippen LogP contribution in [-0.2, 0) is 4.79 Å². The summed E-state index contributed by atoms with van der Waals surface area (Å²) in [6, 6.07) is 9.86. The van der Waals surface area contributed by atoms with Crippen LogP contribution in [0.25, 0.3) is 6.08 Å². The minimum Gasteiger partial charge on any atom is -0.393 e. The third kappa shape index (κ3) is 6.04. The molecular formula is C19H27NO2S. The zero-order valence-electron chi connectivity index (χ0n) is 14.0. The number of aliphatic hydroxyl groups is 1. The molecule has 1 heterocycles. The summed E-state index contributed by atoms with van der Waals surface area (Å²) >= 11 is 1.80. The van der Waals surface area contributed by atoms with E-state index in [-0.39, 0.29) is 17.4 Å². The molecule has 0 aromatic heterocycles. The summed E-state index contributed by atoms with van der Waals surface area (Å²) in [5.74, 6) is 1.74. The summed E-state index contributed by atoms with van der Waals surface area (Å²) in [5.41, 5.74) is 1.03. The second-order valence-electron chi connectivity index (χ2n) is 6.46.